The molecule has 0 saturated carbocycles. The molecular formula is C16H19N3O3S. The van der Waals surface area contributed by atoms with Crippen LogP contribution in [-0.4, -0.2) is 42.9 Å². The highest BCUT2D eigenvalue weighted by atomic mass is 32.2. The average Bonchev–Trinajstić information content (AvgIpc) is 3.16. The molecule has 0 bridgehead atoms. The second-order valence-electron chi connectivity index (χ2n) is 5.61. The van der Waals surface area contributed by atoms with Crippen molar-refractivity contribution in [3.05, 3.63) is 23.8 Å². The summed E-state index contributed by atoms with van der Waals surface area (Å²) in [6, 6.07) is 5.69. The topological polar surface area (TPSA) is 71.0 Å². The van der Waals surface area contributed by atoms with Crippen LogP contribution in [0.3, 0.4) is 0 Å². The number of ether oxygens (including phenoxy) is 1. The normalized spacial score (nSPS) is 20.6. The van der Waals surface area contributed by atoms with E-state index in [0.717, 1.165) is 23.5 Å². The Morgan fingerprint density at radius 1 is 1.48 bits per heavy atom. The minimum absolute atomic E-state index is 0.0601. The molecular weight excluding hydrogens is 314 g/mol. The van der Waals surface area contributed by atoms with Gasteiger partial charge in [0.2, 0.25) is 11.8 Å². The molecule has 0 aliphatic carbocycles. The minimum Gasteiger partial charge on any atom is -0.495 e. The Morgan fingerprint density at radius 3 is 3.00 bits per heavy atom. The molecule has 0 spiro atoms. The van der Waals surface area contributed by atoms with Gasteiger partial charge in [0.1, 0.15) is 5.75 Å². The first kappa shape index (κ1) is 15.9. The van der Waals surface area contributed by atoms with Crippen molar-refractivity contribution in [2.75, 3.05) is 30.9 Å². The van der Waals surface area contributed by atoms with E-state index in [9.17, 15) is 9.59 Å². The van der Waals surface area contributed by atoms with Gasteiger partial charge in [0.05, 0.1) is 25.3 Å². The molecule has 0 radical (unpaired) electrons. The summed E-state index contributed by atoms with van der Waals surface area (Å²) in [6.07, 6.45) is 0.209. The maximum absolute atomic E-state index is 12.4. The highest BCUT2D eigenvalue weighted by Gasteiger charge is 2.36. The van der Waals surface area contributed by atoms with Gasteiger partial charge in [-0.3, -0.25) is 14.6 Å². The Hall–Kier alpha value is -2.02. The van der Waals surface area contributed by atoms with E-state index in [0.29, 0.717) is 17.5 Å². The molecule has 2 aliphatic heterocycles. The zero-order valence-electron chi connectivity index (χ0n) is 13.2. The summed E-state index contributed by atoms with van der Waals surface area (Å²) in [4.78, 5) is 30.5. The number of hydrogen-bond acceptors (Lipinski definition) is 5. The van der Waals surface area contributed by atoms with Gasteiger partial charge in [0.15, 0.2) is 5.17 Å². The van der Waals surface area contributed by atoms with E-state index < -0.39 is 0 Å². The van der Waals surface area contributed by atoms with Crippen molar-refractivity contribution >= 4 is 34.4 Å². The predicted octanol–water partition coefficient (Wildman–Crippen LogP) is 1.58. The van der Waals surface area contributed by atoms with Crippen LogP contribution in [-0.2, 0) is 9.59 Å². The standard InChI is InChI=1S/C16H19N3O3S/c1-10-3-4-13(22-2)12(7-10)19-9-11(8-14(19)20)15(21)18-16-17-5-6-23-16/h3-4,7,11H,5-6,8-9H2,1-2H3,(H,17,18,21). The van der Waals surface area contributed by atoms with Crippen molar-refractivity contribution in [3.8, 4) is 5.75 Å². The molecule has 1 atom stereocenters. The monoisotopic (exact) mass is 333 g/mol. The van der Waals surface area contributed by atoms with E-state index in [1.54, 1.807) is 12.0 Å². The van der Waals surface area contributed by atoms with Gasteiger partial charge in [-0.15, -0.1) is 0 Å². The van der Waals surface area contributed by atoms with Crippen LogP contribution in [0.15, 0.2) is 23.2 Å². The summed E-state index contributed by atoms with van der Waals surface area (Å²) >= 11 is 1.54. The average molecular weight is 333 g/mol. The molecule has 1 fully saturated rings. The van der Waals surface area contributed by atoms with Crippen LogP contribution in [0.25, 0.3) is 0 Å². The summed E-state index contributed by atoms with van der Waals surface area (Å²) in [5.41, 5.74) is 1.76. The maximum atomic E-state index is 12.4. The van der Waals surface area contributed by atoms with Crippen molar-refractivity contribution < 1.29 is 14.3 Å². The summed E-state index contributed by atoms with van der Waals surface area (Å²) in [6.45, 7) is 3.06. The van der Waals surface area contributed by atoms with E-state index in [1.165, 1.54) is 11.8 Å². The Balaban J connectivity index is 1.74. The number of amides is 2. The minimum atomic E-state index is -0.364. The van der Waals surface area contributed by atoms with Crippen molar-refractivity contribution in [3.63, 3.8) is 0 Å². The molecule has 23 heavy (non-hydrogen) atoms. The van der Waals surface area contributed by atoms with E-state index in [1.807, 2.05) is 25.1 Å². The number of rotatable bonds is 3. The number of carbonyl (C=O) groups excluding carboxylic acids is 2. The van der Waals surface area contributed by atoms with E-state index in [4.69, 9.17) is 4.74 Å². The number of nitrogens with zero attached hydrogens (tertiary/aromatic N) is 2. The van der Waals surface area contributed by atoms with Crippen LogP contribution in [0.2, 0.25) is 0 Å². The summed E-state index contributed by atoms with van der Waals surface area (Å²) < 4.78 is 5.35. The van der Waals surface area contributed by atoms with Gasteiger partial charge in [0.25, 0.3) is 0 Å². The molecule has 1 unspecified atom stereocenters. The van der Waals surface area contributed by atoms with Gasteiger partial charge in [0, 0.05) is 18.7 Å². The number of aliphatic imine (C=N–C) groups is 1. The zero-order chi connectivity index (χ0) is 16.4. The number of methoxy groups -OCH3 is 1. The lowest BCUT2D eigenvalue weighted by molar-refractivity contribution is -0.125. The second kappa shape index (κ2) is 6.62. The number of aryl methyl sites for hydroxylation is 1. The number of hydrogen-bond donors (Lipinski definition) is 1. The maximum Gasteiger partial charge on any atom is 0.231 e. The molecule has 1 aromatic rings. The number of benzene rings is 1. The summed E-state index contributed by atoms with van der Waals surface area (Å²) in [5, 5.41) is 3.48. The quantitative estimate of drug-likeness (QED) is 0.911. The van der Waals surface area contributed by atoms with E-state index in [-0.39, 0.29) is 24.2 Å². The summed E-state index contributed by atoms with van der Waals surface area (Å²) in [5.74, 6) is 0.972. The van der Waals surface area contributed by atoms with Crippen LogP contribution in [0.5, 0.6) is 5.75 Å². The molecule has 2 heterocycles. The van der Waals surface area contributed by atoms with Gasteiger partial charge in [-0.05, 0) is 24.6 Å². The highest BCUT2D eigenvalue weighted by molar-refractivity contribution is 8.14. The first-order valence-corrected chi connectivity index (χ1v) is 8.50. The molecule has 122 valence electrons. The third kappa shape index (κ3) is 3.34. The van der Waals surface area contributed by atoms with E-state index in [2.05, 4.69) is 10.3 Å². The largest absolute Gasteiger partial charge is 0.495 e. The second-order valence-corrected chi connectivity index (χ2v) is 6.69. The predicted molar refractivity (Wildman–Crippen MR) is 91.1 cm³/mol. The van der Waals surface area contributed by atoms with Crippen molar-refractivity contribution in [1.29, 1.82) is 0 Å². The number of amidine groups is 1. The molecule has 6 nitrogen and oxygen atoms in total. The fourth-order valence-electron chi connectivity index (χ4n) is 2.75. The van der Waals surface area contributed by atoms with Crippen LogP contribution in [0.4, 0.5) is 5.69 Å². The first-order valence-electron chi connectivity index (χ1n) is 7.51. The van der Waals surface area contributed by atoms with Crippen LogP contribution in [0.1, 0.15) is 12.0 Å². The third-order valence-corrected chi connectivity index (χ3v) is 4.83. The van der Waals surface area contributed by atoms with Crippen molar-refractivity contribution in [2.24, 2.45) is 10.9 Å². The van der Waals surface area contributed by atoms with Crippen LogP contribution < -0.4 is 15.0 Å². The lowest BCUT2D eigenvalue weighted by Crippen LogP contribution is -2.35. The third-order valence-electron chi connectivity index (χ3n) is 3.94. The first-order chi connectivity index (χ1) is 11.1. The molecule has 2 aliphatic rings. The zero-order valence-corrected chi connectivity index (χ0v) is 14.0. The van der Waals surface area contributed by atoms with Gasteiger partial charge < -0.3 is 15.0 Å². The molecule has 1 N–H and O–H groups in total. The number of thioether (sulfide) groups is 1. The number of nitrogens with one attached hydrogen (secondary N) is 1. The SMILES string of the molecule is COc1ccc(C)cc1N1CC(C(=O)NC2=NCCS2)CC1=O. The van der Waals surface area contributed by atoms with Gasteiger partial charge >= 0.3 is 0 Å². The van der Waals surface area contributed by atoms with Crippen molar-refractivity contribution in [1.82, 2.24) is 5.32 Å². The van der Waals surface area contributed by atoms with Crippen LogP contribution >= 0.6 is 11.8 Å². The molecule has 0 aromatic heterocycles. The molecule has 1 aromatic carbocycles. The molecule has 7 heteroatoms. The Morgan fingerprint density at radius 2 is 2.30 bits per heavy atom. The summed E-state index contributed by atoms with van der Waals surface area (Å²) in [7, 11) is 1.58. The number of anilines is 1. The fourth-order valence-corrected chi connectivity index (χ4v) is 3.48. The van der Waals surface area contributed by atoms with Gasteiger partial charge in [-0.2, -0.15) is 0 Å². The Kier molecular flexibility index (Phi) is 4.56. The fraction of sp³-hybridized carbons (Fsp3) is 0.438. The van der Waals surface area contributed by atoms with E-state index >= 15 is 0 Å². The van der Waals surface area contributed by atoms with Crippen molar-refractivity contribution in [2.45, 2.75) is 13.3 Å². The Labute approximate surface area is 139 Å². The molecule has 1 saturated heterocycles. The highest BCUT2D eigenvalue weighted by Crippen LogP contribution is 2.34. The van der Waals surface area contributed by atoms with Gasteiger partial charge in [-0.25, -0.2) is 0 Å². The smallest absolute Gasteiger partial charge is 0.231 e. The molecule has 2 amide bonds. The van der Waals surface area contributed by atoms with Gasteiger partial charge in [-0.1, -0.05) is 17.8 Å². The van der Waals surface area contributed by atoms with Crippen LogP contribution in [0, 0.1) is 12.8 Å². The lowest BCUT2D eigenvalue weighted by Gasteiger charge is -2.20. The molecule has 3 rings (SSSR count). The Bertz CT molecular complexity index is 675. The number of carbonyl (C=O) groups is 2. The lowest BCUT2D eigenvalue weighted by atomic mass is 10.1.